The van der Waals surface area contributed by atoms with Crippen LogP contribution < -0.4 is 14.8 Å². The number of carbonyl (C=O) groups excluding carboxylic acids is 2. The first-order valence-corrected chi connectivity index (χ1v) is 13.2. The standard InChI is InChI=1S/C33H28FN3O4/c1-40-30-17-22-12-13-37(19-25(22)18-31(30)41-2)33(39)29-16-24-14-21(8-11-28(24)36-29)20-6-9-27(10-7-20)35-32(38)23-4-3-5-26(34)15-23/h3-11,14-18,36H,12-13,19H2,1-2H3,(H,35,38). The average Bonchev–Trinajstić information content (AvgIpc) is 3.43. The van der Waals surface area contributed by atoms with Crippen LogP contribution in [0.5, 0.6) is 11.5 Å². The third kappa shape index (κ3) is 5.24. The van der Waals surface area contributed by atoms with Gasteiger partial charge in [-0.15, -0.1) is 0 Å². The van der Waals surface area contributed by atoms with E-state index in [1.165, 1.54) is 18.2 Å². The Bertz CT molecular complexity index is 1780. The smallest absolute Gasteiger partial charge is 0.270 e. The van der Waals surface area contributed by atoms with E-state index in [2.05, 4.69) is 10.3 Å². The number of nitrogens with one attached hydrogen (secondary N) is 2. The molecule has 2 heterocycles. The van der Waals surface area contributed by atoms with Crippen LogP contribution in [0, 0.1) is 5.82 Å². The molecule has 0 aliphatic carbocycles. The van der Waals surface area contributed by atoms with Crippen molar-refractivity contribution in [3.63, 3.8) is 0 Å². The molecule has 1 aliphatic heterocycles. The molecule has 2 N–H and O–H groups in total. The second-order valence-electron chi connectivity index (χ2n) is 9.98. The molecule has 5 aromatic rings. The molecule has 0 saturated heterocycles. The van der Waals surface area contributed by atoms with Gasteiger partial charge in [0.05, 0.1) is 14.2 Å². The molecule has 0 atom stereocenters. The van der Waals surface area contributed by atoms with Crippen molar-refractivity contribution in [1.82, 2.24) is 9.88 Å². The summed E-state index contributed by atoms with van der Waals surface area (Å²) in [6.45, 7) is 1.11. The molecule has 2 amide bonds. The van der Waals surface area contributed by atoms with Crippen LogP contribution in [0.15, 0.2) is 84.9 Å². The number of nitrogens with zero attached hydrogens (tertiary/aromatic N) is 1. The third-order valence-electron chi connectivity index (χ3n) is 7.42. The first kappa shape index (κ1) is 26.1. The quantitative estimate of drug-likeness (QED) is 0.255. The molecule has 0 spiro atoms. The Morgan fingerprint density at radius 1 is 0.854 bits per heavy atom. The summed E-state index contributed by atoms with van der Waals surface area (Å²) < 4.78 is 24.3. The highest BCUT2D eigenvalue weighted by atomic mass is 19.1. The van der Waals surface area contributed by atoms with Crippen molar-refractivity contribution in [2.75, 3.05) is 26.1 Å². The number of anilines is 1. The normalized spacial score (nSPS) is 12.6. The zero-order valence-corrected chi connectivity index (χ0v) is 22.7. The molecule has 0 radical (unpaired) electrons. The molecule has 8 heteroatoms. The summed E-state index contributed by atoms with van der Waals surface area (Å²) in [6, 6.07) is 24.8. The molecular weight excluding hydrogens is 521 g/mol. The average molecular weight is 550 g/mol. The SMILES string of the molecule is COc1cc2c(cc1OC)CN(C(=O)c1cc3cc(-c4ccc(NC(=O)c5cccc(F)c5)cc4)ccc3[nH]1)CC2. The van der Waals surface area contributed by atoms with Crippen LogP contribution in [-0.4, -0.2) is 42.5 Å². The number of carbonyl (C=O) groups is 2. The summed E-state index contributed by atoms with van der Waals surface area (Å²) in [7, 11) is 3.23. The molecular formula is C33H28FN3O4. The lowest BCUT2D eigenvalue weighted by atomic mass is 9.98. The van der Waals surface area contributed by atoms with Gasteiger partial charge in [0, 0.05) is 35.2 Å². The predicted octanol–water partition coefficient (Wildman–Crippen LogP) is 6.44. The number of methoxy groups -OCH3 is 2. The Hall–Kier alpha value is -5.11. The molecule has 0 saturated carbocycles. The zero-order valence-electron chi connectivity index (χ0n) is 22.7. The number of ether oxygens (including phenoxy) is 2. The summed E-state index contributed by atoms with van der Waals surface area (Å²) in [4.78, 5) is 31.0. The Morgan fingerprint density at radius 2 is 1.59 bits per heavy atom. The van der Waals surface area contributed by atoms with Crippen molar-refractivity contribution in [2.24, 2.45) is 0 Å². The van der Waals surface area contributed by atoms with Gasteiger partial charge in [0.1, 0.15) is 11.5 Å². The van der Waals surface area contributed by atoms with E-state index in [1.807, 2.05) is 65.6 Å². The fraction of sp³-hybridized carbons (Fsp3) is 0.152. The van der Waals surface area contributed by atoms with E-state index in [9.17, 15) is 14.0 Å². The monoisotopic (exact) mass is 549 g/mol. The minimum absolute atomic E-state index is 0.0541. The number of aromatic amines is 1. The minimum Gasteiger partial charge on any atom is -0.493 e. The first-order chi connectivity index (χ1) is 19.9. The second-order valence-corrected chi connectivity index (χ2v) is 9.98. The van der Waals surface area contributed by atoms with Crippen molar-refractivity contribution in [2.45, 2.75) is 13.0 Å². The summed E-state index contributed by atoms with van der Waals surface area (Å²) >= 11 is 0. The topological polar surface area (TPSA) is 83.7 Å². The highest BCUT2D eigenvalue weighted by molar-refractivity contribution is 6.04. The molecule has 0 bridgehead atoms. The van der Waals surface area contributed by atoms with Gasteiger partial charge < -0.3 is 24.7 Å². The van der Waals surface area contributed by atoms with E-state index in [0.717, 1.165) is 39.6 Å². The highest BCUT2D eigenvalue weighted by Crippen LogP contribution is 2.34. The van der Waals surface area contributed by atoms with Crippen LogP contribution in [0.25, 0.3) is 22.0 Å². The number of rotatable bonds is 6. The predicted molar refractivity (Wildman–Crippen MR) is 156 cm³/mol. The van der Waals surface area contributed by atoms with Crippen molar-refractivity contribution in [3.8, 4) is 22.6 Å². The number of hydrogen-bond acceptors (Lipinski definition) is 4. The van der Waals surface area contributed by atoms with Gasteiger partial charge in [-0.3, -0.25) is 9.59 Å². The Balaban J connectivity index is 1.17. The van der Waals surface area contributed by atoms with Gasteiger partial charge in [0.25, 0.3) is 11.8 Å². The van der Waals surface area contributed by atoms with E-state index in [-0.39, 0.29) is 17.4 Å². The lowest BCUT2D eigenvalue weighted by Crippen LogP contribution is -2.36. The molecule has 4 aromatic carbocycles. The third-order valence-corrected chi connectivity index (χ3v) is 7.42. The van der Waals surface area contributed by atoms with Gasteiger partial charge in [-0.05, 0) is 89.3 Å². The Kier molecular flexibility index (Phi) is 6.89. The maximum absolute atomic E-state index is 13.4. The summed E-state index contributed by atoms with van der Waals surface area (Å²) in [6.07, 6.45) is 0.741. The van der Waals surface area contributed by atoms with Crippen LogP contribution in [0.3, 0.4) is 0 Å². The van der Waals surface area contributed by atoms with Crippen molar-refractivity contribution in [3.05, 3.63) is 113 Å². The lowest BCUT2D eigenvalue weighted by Gasteiger charge is -2.29. The molecule has 0 unspecified atom stereocenters. The summed E-state index contributed by atoms with van der Waals surface area (Å²) in [5.74, 6) is 0.461. The van der Waals surface area contributed by atoms with Crippen molar-refractivity contribution in [1.29, 1.82) is 0 Å². The van der Waals surface area contributed by atoms with Gasteiger partial charge >= 0.3 is 0 Å². The lowest BCUT2D eigenvalue weighted by molar-refractivity contribution is 0.0729. The van der Waals surface area contributed by atoms with E-state index < -0.39 is 5.82 Å². The molecule has 0 fully saturated rings. The largest absolute Gasteiger partial charge is 0.493 e. The van der Waals surface area contributed by atoms with E-state index in [1.54, 1.807) is 20.3 Å². The maximum atomic E-state index is 13.4. The van der Waals surface area contributed by atoms with Gasteiger partial charge in [0.15, 0.2) is 11.5 Å². The van der Waals surface area contributed by atoms with Crippen LogP contribution >= 0.6 is 0 Å². The second kappa shape index (κ2) is 10.8. The van der Waals surface area contributed by atoms with Crippen LogP contribution in [0.2, 0.25) is 0 Å². The molecule has 41 heavy (non-hydrogen) atoms. The summed E-state index contributed by atoms with van der Waals surface area (Å²) in [5, 5.41) is 3.72. The number of hydrogen-bond donors (Lipinski definition) is 2. The number of H-pyrrole nitrogens is 1. The van der Waals surface area contributed by atoms with Gasteiger partial charge in [-0.1, -0.05) is 24.3 Å². The molecule has 6 rings (SSSR count). The zero-order chi connectivity index (χ0) is 28.5. The number of halogens is 1. The van der Waals surface area contributed by atoms with Crippen LogP contribution in [0.4, 0.5) is 10.1 Å². The Labute approximate surface area is 236 Å². The van der Waals surface area contributed by atoms with Crippen LogP contribution in [-0.2, 0) is 13.0 Å². The molecule has 7 nitrogen and oxygen atoms in total. The van der Waals surface area contributed by atoms with E-state index in [4.69, 9.17) is 9.47 Å². The van der Waals surface area contributed by atoms with Gasteiger partial charge in [0.2, 0.25) is 0 Å². The highest BCUT2D eigenvalue weighted by Gasteiger charge is 2.25. The fourth-order valence-corrected chi connectivity index (χ4v) is 5.23. The molecule has 1 aliphatic rings. The molecule has 206 valence electrons. The van der Waals surface area contributed by atoms with Crippen LogP contribution in [0.1, 0.15) is 32.0 Å². The van der Waals surface area contributed by atoms with Crippen molar-refractivity contribution >= 4 is 28.4 Å². The van der Waals surface area contributed by atoms with Crippen molar-refractivity contribution < 1.29 is 23.5 Å². The fourth-order valence-electron chi connectivity index (χ4n) is 5.23. The van der Waals surface area contributed by atoms with E-state index in [0.29, 0.717) is 36.0 Å². The number of aromatic nitrogens is 1. The first-order valence-electron chi connectivity index (χ1n) is 13.2. The Morgan fingerprint density at radius 3 is 2.32 bits per heavy atom. The number of benzene rings is 4. The van der Waals surface area contributed by atoms with Gasteiger partial charge in [-0.25, -0.2) is 4.39 Å². The maximum Gasteiger partial charge on any atom is 0.270 e. The number of amides is 2. The molecule has 1 aromatic heterocycles. The van der Waals surface area contributed by atoms with Gasteiger partial charge in [-0.2, -0.15) is 0 Å². The van der Waals surface area contributed by atoms with E-state index >= 15 is 0 Å². The summed E-state index contributed by atoms with van der Waals surface area (Å²) in [5.41, 5.74) is 6.43. The number of fused-ring (bicyclic) bond motifs is 2. The minimum atomic E-state index is -0.457.